The molecule has 2 fully saturated rings. The quantitative estimate of drug-likeness (QED) is 0.726. The van der Waals surface area contributed by atoms with Gasteiger partial charge in [0, 0.05) is 19.4 Å². The minimum atomic E-state index is -0.589. The van der Waals surface area contributed by atoms with E-state index in [4.69, 9.17) is 18.9 Å². The van der Waals surface area contributed by atoms with Gasteiger partial charge in [-0.25, -0.2) is 4.79 Å². The Morgan fingerprint density at radius 1 is 1.22 bits per heavy atom. The largest absolute Gasteiger partial charge is 0.497 e. The van der Waals surface area contributed by atoms with E-state index in [1.165, 1.54) is 0 Å². The highest BCUT2D eigenvalue weighted by atomic mass is 16.7. The number of amides is 1. The van der Waals surface area contributed by atoms with Crippen LogP contribution in [0.3, 0.4) is 0 Å². The molecule has 0 radical (unpaired) electrons. The van der Waals surface area contributed by atoms with Crippen LogP contribution in [0, 0.1) is 0 Å². The lowest BCUT2D eigenvalue weighted by Crippen LogP contribution is -2.46. The summed E-state index contributed by atoms with van der Waals surface area (Å²) in [5, 5.41) is 0. The number of hydrogen-bond donors (Lipinski definition) is 0. The molecular weight excluding hydrogens is 346 g/mol. The number of rotatable bonds is 6. The van der Waals surface area contributed by atoms with Gasteiger partial charge < -0.3 is 23.8 Å². The summed E-state index contributed by atoms with van der Waals surface area (Å²) in [6.45, 7) is 9.93. The van der Waals surface area contributed by atoms with Crippen molar-refractivity contribution in [2.75, 3.05) is 26.9 Å². The van der Waals surface area contributed by atoms with Crippen LogP contribution in [0.15, 0.2) is 24.3 Å². The summed E-state index contributed by atoms with van der Waals surface area (Å²) in [7, 11) is 1.64. The summed E-state index contributed by atoms with van der Waals surface area (Å²) in [4.78, 5) is 14.3. The van der Waals surface area contributed by atoms with Crippen LogP contribution in [0.2, 0.25) is 0 Å². The fraction of sp³-hybridized carbons (Fsp3) is 0.667. The Morgan fingerprint density at radius 2 is 1.85 bits per heavy atom. The predicted molar refractivity (Wildman–Crippen MR) is 104 cm³/mol. The molecule has 2 heterocycles. The topological polar surface area (TPSA) is 57.2 Å². The molecule has 152 valence electrons. The lowest BCUT2D eigenvalue weighted by Gasteiger charge is -2.38. The van der Waals surface area contributed by atoms with E-state index in [-0.39, 0.29) is 18.2 Å². The number of hydrogen-bond acceptors (Lipinski definition) is 5. The summed E-state index contributed by atoms with van der Waals surface area (Å²) in [5.41, 5.74) is 1.06. The molecule has 0 saturated carbocycles. The lowest BCUT2D eigenvalue weighted by molar-refractivity contribution is -0.182. The van der Waals surface area contributed by atoms with Crippen molar-refractivity contribution >= 4 is 6.09 Å². The van der Waals surface area contributed by atoms with Crippen LogP contribution < -0.4 is 4.74 Å². The fourth-order valence-corrected chi connectivity index (χ4v) is 3.51. The Labute approximate surface area is 162 Å². The van der Waals surface area contributed by atoms with E-state index < -0.39 is 5.79 Å². The zero-order valence-corrected chi connectivity index (χ0v) is 17.2. The highest BCUT2D eigenvalue weighted by Gasteiger charge is 2.41. The van der Waals surface area contributed by atoms with Crippen LogP contribution in [-0.2, 0) is 14.2 Å². The van der Waals surface area contributed by atoms with E-state index in [1.807, 2.05) is 52.0 Å². The molecule has 6 nitrogen and oxygen atoms in total. The second-order valence-corrected chi connectivity index (χ2v) is 6.60. The Bertz CT molecular complexity index is 583. The van der Waals surface area contributed by atoms with Crippen LogP contribution >= 0.6 is 0 Å². The first kappa shape index (κ1) is 21.5. The van der Waals surface area contributed by atoms with Crippen LogP contribution in [0.1, 0.15) is 58.6 Å². The van der Waals surface area contributed by atoms with Gasteiger partial charge in [-0.05, 0) is 31.0 Å². The van der Waals surface area contributed by atoms with Crippen molar-refractivity contribution in [3.05, 3.63) is 29.8 Å². The van der Waals surface area contributed by atoms with Gasteiger partial charge in [-0.2, -0.15) is 0 Å². The van der Waals surface area contributed by atoms with Gasteiger partial charge in [-0.3, -0.25) is 0 Å². The summed E-state index contributed by atoms with van der Waals surface area (Å²) in [6, 6.07) is 7.73. The number of benzene rings is 1. The average Bonchev–Trinajstić information content (AvgIpc) is 3.18. The summed E-state index contributed by atoms with van der Waals surface area (Å²) >= 11 is 0. The maximum absolute atomic E-state index is 12.5. The number of carbonyl (C=O) groups is 1. The Morgan fingerprint density at radius 3 is 2.37 bits per heavy atom. The van der Waals surface area contributed by atoms with Crippen molar-refractivity contribution in [1.29, 1.82) is 0 Å². The van der Waals surface area contributed by atoms with Crippen molar-refractivity contribution in [1.82, 2.24) is 4.90 Å². The molecule has 1 aromatic rings. The van der Waals surface area contributed by atoms with E-state index in [1.54, 1.807) is 12.0 Å². The molecule has 1 aromatic carbocycles. The number of methoxy groups -OCH3 is 1. The van der Waals surface area contributed by atoms with Gasteiger partial charge in [0.2, 0.25) is 0 Å². The first-order valence-electron chi connectivity index (χ1n) is 9.96. The van der Waals surface area contributed by atoms with Crippen molar-refractivity contribution in [3.63, 3.8) is 0 Å². The zero-order chi connectivity index (χ0) is 19.9. The third-order valence-corrected chi connectivity index (χ3v) is 5.15. The fourth-order valence-electron chi connectivity index (χ4n) is 3.51. The molecule has 2 aliphatic rings. The highest BCUT2D eigenvalue weighted by molar-refractivity contribution is 5.69. The second kappa shape index (κ2) is 9.95. The van der Waals surface area contributed by atoms with Gasteiger partial charge in [0.25, 0.3) is 0 Å². The molecule has 1 amide bonds. The van der Waals surface area contributed by atoms with E-state index in [0.29, 0.717) is 26.2 Å². The standard InChI is InChI=1S/C19H27NO5.C2H6/c1-4-19(23-11-12-24-19)13-17-9-10-20(18(21)25-17)14(2)15-5-7-16(22-3)8-6-15;1-2/h5-8,14,17H,4,9-13H2,1-3H3;1-2H3/t14-,17-;/m0./s1. The molecule has 0 N–H and O–H groups in total. The van der Waals surface area contributed by atoms with Crippen molar-refractivity contribution in [2.24, 2.45) is 0 Å². The Kier molecular flexibility index (Phi) is 7.92. The number of carbonyl (C=O) groups excluding carboxylic acids is 1. The maximum atomic E-state index is 12.5. The normalized spacial score (nSPS) is 22.5. The van der Waals surface area contributed by atoms with Crippen LogP contribution in [0.5, 0.6) is 5.75 Å². The molecule has 0 bridgehead atoms. The molecule has 6 heteroatoms. The smallest absolute Gasteiger partial charge is 0.410 e. The van der Waals surface area contributed by atoms with E-state index in [9.17, 15) is 4.79 Å². The molecule has 0 aromatic heterocycles. The highest BCUT2D eigenvalue weighted by Crippen LogP contribution is 2.33. The van der Waals surface area contributed by atoms with Gasteiger partial charge in [0.1, 0.15) is 11.9 Å². The van der Waals surface area contributed by atoms with Gasteiger partial charge in [-0.15, -0.1) is 0 Å². The molecule has 27 heavy (non-hydrogen) atoms. The molecule has 3 rings (SSSR count). The Balaban J connectivity index is 0.00000126. The van der Waals surface area contributed by atoms with E-state index >= 15 is 0 Å². The van der Waals surface area contributed by atoms with Gasteiger partial charge >= 0.3 is 6.09 Å². The first-order chi connectivity index (χ1) is 13.1. The molecular formula is C21H33NO5. The molecule has 2 atom stereocenters. The summed E-state index contributed by atoms with van der Waals surface area (Å²) in [6.07, 6.45) is 1.70. The lowest BCUT2D eigenvalue weighted by atomic mass is 10.0. The molecule has 0 aliphatic carbocycles. The summed E-state index contributed by atoms with van der Waals surface area (Å²) in [5.74, 6) is 0.216. The van der Waals surface area contributed by atoms with E-state index in [0.717, 1.165) is 24.2 Å². The number of ether oxygens (including phenoxy) is 4. The van der Waals surface area contributed by atoms with Crippen LogP contribution in [0.25, 0.3) is 0 Å². The number of nitrogens with zero attached hydrogens (tertiary/aromatic N) is 1. The van der Waals surface area contributed by atoms with Gasteiger partial charge in [0.15, 0.2) is 5.79 Å². The minimum absolute atomic E-state index is 0.0431. The SMILES string of the molecule is CC.CCC1(C[C@@H]2CCN([C@@H](C)c3ccc(OC)cc3)C(=O)O2)OCCO1. The Hall–Kier alpha value is -1.79. The maximum Gasteiger partial charge on any atom is 0.410 e. The van der Waals surface area contributed by atoms with Crippen LogP contribution in [-0.4, -0.2) is 49.8 Å². The monoisotopic (exact) mass is 379 g/mol. The third-order valence-electron chi connectivity index (χ3n) is 5.15. The average molecular weight is 379 g/mol. The second-order valence-electron chi connectivity index (χ2n) is 6.60. The molecule has 0 spiro atoms. The molecule has 2 aliphatic heterocycles. The van der Waals surface area contributed by atoms with Gasteiger partial charge in [-0.1, -0.05) is 32.9 Å². The van der Waals surface area contributed by atoms with Crippen molar-refractivity contribution in [3.8, 4) is 5.75 Å². The molecule has 2 saturated heterocycles. The zero-order valence-electron chi connectivity index (χ0n) is 17.2. The third kappa shape index (κ3) is 5.14. The molecule has 0 unspecified atom stereocenters. The predicted octanol–water partition coefficient (Wildman–Crippen LogP) is 4.54. The van der Waals surface area contributed by atoms with E-state index in [2.05, 4.69) is 0 Å². The number of cyclic esters (lactones) is 1. The van der Waals surface area contributed by atoms with Crippen molar-refractivity contribution in [2.45, 2.75) is 64.9 Å². The van der Waals surface area contributed by atoms with Gasteiger partial charge in [0.05, 0.1) is 26.4 Å². The van der Waals surface area contributed by atoms with Crippen molar-refractivity contribution < 1.29 is 23.7 Å². The summed E-state index contributed by atoms with van der Waals surface area (Å²) < 4.78 is 22.4. The van der Waals surface area contributed by atoms with Crippen LogP contribution in [0.4, 0.5) is 4.79 Å². The minimum Gasteiger partial charge on any atom is -0.497 e. The first-order valence-corrected chi connectivity index (χ1v) is 9.96.